The number of aromatic nitrogens is 2. The number of amides is 1. The summed E-state index contributed by atoms with van der Waals surface area (Å²) in [5, 5.41) is 13.8. The number of carbonyl (C=O) groups excluding carboxylic acids is 1. The van der Waals surface area contributed by atoms with Crippen molar-refractivity contribution in [3.63, 3.8) is 0 Å². The van der Waals surface area contributed by atoms with Crippen LogP contribution in [0.15, 0.2) is 23.7 Å². The van der Waals surface area contributed by atoms with Crippen LogP contribution in [0.3, 0.4) is 0 Å². The van der Waals surface area contributed by atoms with Crippen LogP contribution in [0, 0.1) is 0 Å². The lowest BCUT2D eigenvalue weighted by Crippen LogP contribution is -2.28. The summed E-state index contributed by atoms with van der Waals surface area (Å²) < 4.78 is 1.90. The minimum atomic E-state index is -1.03. The van der Waals surface area contributed by atoms with Gasteiger partial charge in [0.25, 0.3) is 5.91 Å². The van der Waals surface area contributed by atoms with E-state index in [4.69, 9.17) is 5.11 Å². The molecule has 2 aromatic rings. The van der Waals surface area contributed by atoms with E-state index in [1.807, 2.05) is 30.7 Å². The molecule has 0 radical (unpaired) electrons. The summed E-state index contributed by atoms with van der Waals surface area (Å²) in [4.78, 5) is 26.8. The first-order valence-electron chi connectivity index (χ1n) is 6.61. The van der Waals surface area contributed by atoms with E-state index in [-0.39, 0.29) is 17.6 Å². The third kappa shape index (κ3) is 3.69. The third-order valence-corrected chi connectivity index (χ3v) is 3.87. The van der Waals surface area contributed by atoms with E-state index in [1.165, 1.54) is 16.7 Å². The Balaban J connectivity index is 1.89. The number of carbonyl (C=O) groups is 2. The molecule has 1 amide bonds. The molecule has 0 aliphatic carbocycles. The normalized spacial score (nSPS) is 10.8. The molecule has 0 atom stereocenters. The smallest absolute Gasteiger partial charge is 0.355 e. The maximum Gasteiger partial charge on any atom is 0.355 e. The van der Waals surface area contributed by atoms with E-state index < -0.39 is 5.97 Å². The van der Waals surface area contributed by atoms with Crippen LogP contribution in [0.5, 0.6) is 0 Å². The third-order valence-electron chi connectivity index (χ3n) is 2.96. The Morgan fingerprint density at radius 3 is 2.86 bits per heavy atom. The minimum Gasteiger partial charge on any atom is -0.476 e. The molecular formula is C14H17N3O3S. The van der Waals surface area contributed by atoms with Gasteiger partial charge in [0, 0.05) is 30.6 Å². The fraction of sp³-hybridized carbons (Fsp3) is 0.357. The Morgan fingerprint density at radius 2 is 2.24 bits per heavy atom. The van der Waals surface area contributed by atoms with Crippen molar-refractivity contribution >= 4 is 23.2 Å². The van der Waals surface area contributed by atoms with Gasteiger partial charge in [-0.1, -0.05) is 0 Å². The second kappa shape index (κ2) is 6.53. The molecule has 2 rings (SSSR count). The van der Waals surface area contributed by atoms with Crippen LogP contribution >= 0.6 is 11.3 Å². The fourth-order valence-corrected chi connectivity index (χ4v) is 2.71. The molecule has 2 N–H and O–H groups in total. The largest absolute Gasteiger partial charge is 0.476 e. The molecule has 6 nitrogen and oxygen atoms in total. The predicted molar refractivity (Wildman–Crippen MR) is 79.9 cm³/mol. The van der Waals surface area contributed by atoms with Crippen molar-refractivity contribution in [2.24, 2.45) is 0 Å². The Labute approximate surface area is 126 Å². The van der Waals surface area contributed by atoms with Gasteiger partial charge in [0.1, 0.15) is 5.69 Å². The predicted octanol–water partition coefficient (Wildman–Crippen LogP) is 2.20. The van der Waals surface area contributed by atoms with Gasteiger partial charge < -0.3 is 15.0 Å². The van der Waals surface area contributed by atoms with Crippen LogP contribution in [0.1, 0.15) is 45.9 Å². The highest BCUT2D eigenvalue weighted by Crippen LogP contribution is 2.12. The molecule has 0 aromatic carbocycles. The number of thiazole rings is 1. The quantitative estimate of drug-likeness (QED) is 0.857. The zero-order valence-electron chi connectivity index (χ0n) is 11.9. The van der Waals surface area contributed by atoms with Crippen LogP contribution < -0.4 is 5.32 Å². The first-order valence-corrected chi connectivity index (χ1v) is 7.49. The van der Waals surface area contributed by atoms with Crippen molar-refractivity contribution in [1.82, 2.24) is 14.9 Å². The van der Waals surface area contributed by atoms with Gasteiger partial charge in [0.15, 0.2) is 5.69 Å². The second-order valence-corrected chi connectivity index (χ2v) is 5.77. The topological polar surface area (TPSA) is 84.2 Å². The zero-order valence-corrected chi connectivity index (χ0v) is 12.7. The van der Waals surface area contributed by atoms with Crippen molar-refractivity contribution in [1.29, 1.82) is 0 Å². The van der Waals surface area contributed by atoms with Crippen LogP contribution in [0.2, 0.25) is 0 Å². The number of carboxylic acids is 1. The number of rotatable bonds is 6. The highest BCUT2D eigenvalue weighted by molar-refractivity contribution is 7.09. The van der Waals surface area contributed by atoms with Crippen LogP contribution in [-0.2, 0) is 6.42 Å². The summed E-state index contributed by atoms with van der Waals surface area (Å²) in [5.74, 6) is -1.17. The average Bonchev–Trinajstić information content (AvgIpc) is 3.07. The summed E-state index contributed by atoms with van der Waals surface area (Å²) in [7, 11) is 0. The van der Waals surface area contributed by atoms with Gasteiger partial charge >= 0.3 is 5.97 Å². The Hall–Kier alpha value is -2.15. The SMILES string of the molecule is CC(C)n1cccc1C(=O)NCCc1nc(C(=O)O)cs1. The van der Waals surface area contributed by atoms with Crippen molar-refractivity contribution in [2.45, 2.75) is 26.3 Å². The Kier molecular flexibility index (Phi) is 4.74. The van der Waals surface area contributed by atoms with E-state index in [9.17, 15) is 9.59 Å². The lowest BCUT2D eigenvalue weighted by molar-refractivity contribution is 0.0690. The summed E-state index contributed by atoms with van der Waals surface area (Å²) in [5.41, 5.74) is 0.672. The molecule has 2 heterocycles. The molecule has 0 bridgehead atoms. The summed E-state index contributed by atoms with van der Waals surface area (Å²) >= 11 is 1.29. The molecule has 0 spiro atoms. The molecule has 0 aliphatic heterocycles. The van der Waals surface area contributed by atoms with Crippen LogP contribution in [0.4, 0.5) is 0 Å². The number of hydrogen-bond acceptors (Lipinski definition) is 4. The molecule has 0 unspecified atom stereocenters. The van der Waals surface area contributed by atoms with E-state index in [2.05, 4.69) is 10.3 Å². The van der Waals surface area contributed by atoms with E-state index in [0.717, 1.165) is 0 Å². The van der Waals surface area contributed by atoms with Crippen LogP contribution in [-0.4, -0.2) is 33.1 Å². The lowest BCUT2D eigenvalue weighted by atomic mass is 10.3. The molecule has 0 saturated carbocycles. The van der Waals surface area contributed by atoms with Crippen LogP contribution in [0.25, 0.3) is 0 Å². The van der Waals surface area contributed by atoms with Gasteiger partial charge in [0.05, 0.1) is 5.01 Å². The van der Waals surface area contributed by atoms with Gasteiger partial charge in [-0.25, -0.2) is 9.78 Å². The lowest BCUT2D eigenvalue weighted by Gasteiger charge is -2.12. The molecule has 0 saturated heterocycles. The van der Waals surface area contributed by atoms with E-state index in [0.29, 0.717) is 23.7 Å². The summed E-state index contributed by atoms with van der Waals surface area (Å²) in [6.07, 6.45) is 2.39. The maximum atomic E-state index is 12.1. The first-order chi connectivity index (χ1) is 9.99. The number of nitrogens with one attached hydrogen (secondary N) is 1. The molecule has 21 heavy (non-hydrogen) atoms. The van der Waals surface area contributed by atoms with Gasteiger partial charge in [-0.2, -0.15) is 0 Å². The highest BCUT2D eigenvalue weighted by Gasteiger charge is 2.13. The summed E-state index contributed by atoms with van der Waals surface area (Å²) in [6.45, 7) is 4.45. The second-order valence-electron chi connectivity index (χ2n) is 4.83. The first kappa shape index (κ1) is 15.2. The highest BCUT2D eigenvalue weighted by atomic mass is 32.1. The molecule has 0 aliphatic rings. The van der Waals surface area contributed by atoms with E-state index in [1.54, 1.807) is 6.07 Å². The van der Waals surface area contributed by atoms with Gasteiger partial charge in [-0.05, 0) is 26.0 Å². The average molecular weight is 307 g/mol. The number of carboxylic acid groups (broad SMARTS) is 1. The summed E-state index contributed by atoms with van der Waals surface area (Å²) in [6, 6.07) is 3.84. The van der Waals surface area contributed by atoms with Gasteiger partial charge in [0.2, 0.25) is 0 Å². The van der Waals surface area contributed by atoms with Crippen molar-refractivity contribution in [3.05, 3.63) is 40.1 Å². The molecular weight excluding hydrogens is 290 g/mol. The molecule has 0 fully saturated rings. The standard InChI is InChI=1S/C14H17N3O3S/c1-9(2)17-7-3-4-11(17)13(18)15-6-5-12-16-10(8-21-12)14(19)20/h3-4,7-9H,5-6H2,1-2H3,(H,15,18)(H,19,20). The minimum absolute atomic E-state index is 0.0509. The van der Waals surface area contributed by atoms with Crippen molar-refractivity contribution in [2.75, 3.05) is 6.54 Å². The monoisotopic (exact) mass is 307 g/mol. The molecule has 2 aromatic heterocycles. The fourth-order valence-electron chi connectivity index (χ4n) is 1.93. The number of aromatic carboxylic acids is 1. The number of nitrogens with zero attached hydrogens (tertiary/aromatic N) is 2. The molecule has 112 valence electrons. The van der Waals surface area contributed by atoms with Gasteiger partial charge in [-0.3, -0.25) is 4.79 Å². The van der Waals surface area contributed by atoms with Gasteiger partial charge in [-0.15, -0.1) is 11.3 Å². The number of hydrogen-bond donors (Lipinski definition) is 2. The molecule has 7 heteroatoms. The van der Waals surface area contributed by atoms with Crippen molar-refractivity contribution < 1.29 is 14.7 Å². The van der Waals surface area contributed by atoms with E-state index >= 15 is 0 Å². The Bertz CT molecular complexity index is 645. The van der Waals surface area contributed by atoms with Crippen molar-refractivity contribution in [3.8, 4) is 0 Å². The maximum absolute atomic E-state index is 12.1. The zero-order chi connectivity index (χ0) is 15.4. The Morgan fingerprint density at radius 1 is 1.48 bits per heavy atom.